The van der Waals surface area contributed by atoms with Crippen LogP contribution in [0, 0.1) is 0 Å². The summed E-state index contributed by atoms with van der Waals surface area (Å²) >= 11 is 0. The van der Waals surface area contributed by atoms with Gasteiger partial charge in [0.15, 0.2) is 0 Å². The SMILES string of the molecule is COc1ccc(C=N[C@@H](c2ccccc2)[C@@H](CC(=O)OC(C)(C)C)c2ccccc2)cc1. The number of carbonyl (C=O) groups is 1. The first-order chi connectivity index (χ1) is 15.4. The number of aliphatic imine (C=N–C) groups is 1. The molecule has 0 bridgehead atoms. The fourth-order valence-electron chi connectivity index (χ4n) is 3.60. The first-order valence-electron chi connectivity index (χ1n) is 10.8. The summed E-state index contributed by atoms with van der Waals surface area (Å²) in [5, 5.41) is 0. The molecule has 0 aromatic heterocycles. The van der Waals surface area contributed by atoms with E-state index >= 15 is 0 Å². The van der Waals surface area contributed by atoms with Gasteiger partial charge in [-0.2, -0.15) is 0 Å². The van der Waals surface area contributed by atoms with Crippen LogP contribution in [0.1, 0.15) is 55.8 Å². The van der Waals surface area contributed by atoms with Crippen molar-refractivity contribution < 1.29 is 14.3 Å². The van der Waals surface area contributed by atoms with Crippen LogP contribution < -0.4 is 4.74 Å². The molecule has 0 aliphatic carbocycles. The topological polar surface area (TPSA) is 47.9 Å². The van der Waals surface area contributed by atoms with Crippen molar-refractivity contribution in [3.05, 3.63) is 102 Å². The highest BCUT2D eigenvalue weighted by molar-refractivity contribution is 5.80. The highest BCUT2D eigenvalue weighted by Crippen LogP contribution is 2.37. The van der Waals surface area contributed by atoms with Crippen molar-refractivity contribution >= 4 is 12.2 Å². The van der Waals surface area contributed by atoms with E-state index in [-0.39, 0.29) is 24.3 Å². The number of ether oxygens (including phenoxy) is 2. The summed E-state index contributed by atoms with van der Waals surface area (Å²) in [5.41, 5.74) is 2.54. The van der Waals surface area contributed by atoms with E-state index in [1.54, 1.807) is 7.11 Å². The van der Waals surface area contributed by atoms with Crippen molar-refractivity contribution in [1.29, 1.82) is 0 Å². The zero-order valence-corrected chi connectivity index (χ0v) is 19.2. The third-order valence-electron chi connectivity index (χ3n) is 5.06. The summed E-state index contributed by atoms with van der Waals surface area (Å²) in [5.74, 6) is 0.406. The number of nitrogens with zero attached hydrogens (tertiary/aromatic N) is 1. The average Bonchev–Trinajstić information content (AvgIpc) is 2.79. The third-order valence-corrected chi connectivity index (χ3v) is 5.06. The minimum atomic E-state index is -0.535. The van der Waals surface area contributed by atoms with E-state index < -0.39 is 5.60 Å². The van der Waals surface area contributed by atoms with Gasteiger partial charge in [0, 0.05) is 12.1 Å². The molecule has 0 unspecified atom stereocenters. The number of esters is 1. The van der Waals surface area contributed by atoms with Crippen LogP contribution in [0.4, 0.5) is 0 Å². The molecule has 0 saturated carbocycles. The Balaban J connectivity index is 1.98. The van der Waals surface area contributed by atoms with Gasteiger partial charge in [-0.1, -0.05) is 60.7 Å². The van der Waals surface area contributed by atoms with Crippen LogP contribution in [-0.2, 0) is 9.53 Å². The standard InChI is InChI=1S/C28H31NO3/c1-28(2,3)32-26(30)19-25(22-11-7-5-8-12-22)27(23-13-9-6-10-14-23)29-20-21-15-17-24(31-4)18-16-21/h5-18,20,25,27H,19H2,1-4H3/t25-,27-/m0/s1. The fourth-order valence-corrected chi connectivity index (χ4v) is 3.60. The van der Waals surface area contributed by atoms with Gasteiger partial charge in [0.25, 0.3) is 0 Å². The molecule has 3 aromatic carbocycles. The van der Waals surface area contributed by atoms with Crippen LogP contribution in [0.15, 0.2) is 89.9 Å². The molecule has 0 spiro atoms. The first kappa shape index (κ1) is 23.3. The van der Waals surface area contributed by atoms with Crippen molar-refractivity contribution in [3.8, 4) is 5.75 Å². The van der Waals surface area contributed by atoms with Crippen LogP contribution in [-0.4, -0.2) is 24.9 Å². The first-order valence-corrected chi connectivity index (χ1v) is 10.8. The van der Waals surface area contributed by atoms with Crippen molar-refractivity contribution in [3.63, 3.8) is 0 Å². The molecular weight excluding hydrogens is 398 g/mol. The Labute approximate surface area is 190 Å². The van der Waals surface area contributed by atoms with Crippen LogP contribution in [0.2, 0.25) is 0 Å². The Morgan fingerprint density at radius 3 is 1.97 bits per heavy atom. The van der Waals surface area contributed by atoms with E-state index in [0.717, 1.165) is 22.4 Å². The van der Waals surface area contributed by atoms with E-state index in [1.807, 2.05) is 99.8 Å². The summed E-state index contributed by atoms with van der Waals surface area (Å²) < 4.78 is 10.9. The number of hydrogen-bond acceptors (Lipinski definition) is 4. The van der Waals surface area contributed by atoms with Gasteiger partial charge in [0.05, 0.1) is 19.6 Å². The molecular formula is C28H31NO3. The van der Waals surface area contributed by atoms with Gasteiger partial charge in [0.2, 0.25) is 0 Å². The zero-order chi connectivity index (χ0) is 23.0. The number of rotatable bonds is 8. The maximum absolute atomic E-state index is 12.8. The molecule has 32 heavy (non-hydrogen) atoms. The van der Waals surface area contributed by atoms with Gasteiger partial charge in [-0.3, -0.25) is 9.79 Å². The van der Waals surface area contributed by atoms with Crippen LogP contribution in [0.3, 0.4) is 0 Å². The van der Waals surface area contributed by atoms with Gasteiger partial charge >= 0.3 is 5.97 Å². The predicted molar refractivity (Wildman–Crippen MR) is 129 cm³/mol. The normalized spacial score (nSPS) is 13.5. The van der Waals surface area contributed by atoms with E-state index in [2.05, 4.69) is 12.1 Å². The number of methoxy groups -OCH3 is 1. The molecule has 0 radical (unpaired) electrons. The number of hydrogen-bond donors (Lipinski definition) is 0. The summed E-state index contributed by atoms with van der Waals surface area (Å²) in [6, 6.07) is 27.7. The molecule has 2 atom stereocenters. The van der Waals surface area contributed by atoms with Crippen molar-refractivity contribution in [1.82, 2.24) is 0 Å². The molecule has 0 amide bonds. The lowest BCUT2D eigenvalue weighted by molar-refractivity contribution is -0.155. The Morgan fingerprint density at radius 1 is 0.875 bits per heavy atom. The average molecular weight is 430 g/mol. The van der Waals surface area contributed by atoms with Crippen molar-refractivity contribution in [2.24, 2.45) is 4.99 Å². The summed E-state index contributed by atoms with van der Waals surface area (Å²) in [7, 11) is 1.65. The predicted octanol–water partition coefficient (Wildman–Crippen LogP) is 6.37. The summed E-state index contributed by atoms with van der Waals surface area (Å²) in [6.45, 7) is 5.66. The van der Waals surface area contributed by atoms with E-state index in [0.29, 0.717) is 0 Å². The molecule has 166 valence electrons. The Morgan fingerprint density at radius 2 is 1.44 bits per heavy atom. The second-order valence-corrected chi connectivity index (χ2v) is 8.71. The van der Waals surface area contributed by atoms with Crippen molar-refractivity contribution in [2.75, 3.05) is 7.11 Å². The molecule has 0 fully saturated rings. The maximum atomic E-state index is 12.8. The van der Waals surface area contributed by atoms with Crippen LogP contribution in [0.25, 0.3) is 0 Å². The molecule has 0 aliphatic heterocycles. The maximum Gasteiger partial charge on any atom is 0.307 e. The molecule has 4 nitrogen and oxygen atoms in total. The smallest absolute Gasteiger partial charge is 0.307 e. The highest BCUT2D eigenvalue weighted by Gasteiger charge is 2.29. The molecule has 0 N–H and O–H groups in total. The summed E-state index contributed by atoms with van der Waals surface area (Å²) in [6.07, 6.45) is 2.10. The van der Waals surface area contributed by atoms with Gasteiger partial charge in [0.1, 0.15) is 11.4 Å². The lowest BCUT2D eigenvalue weighted by atomic mass is 9.85. The van der Waals surface area contributed by atoms with Crippen molar-refractivity contribution in [2.45, 2.75) is 44.8 Å². The minimum absolute atomic E-state index is 0.164. The highest BCUT2D eigenvalue weighted by atomic mass is 16.6. The Hall–Kier alpha value is -3.40. The van der Waals surface area contributed by atoms with Crippen LogP contribution >= 0.6 is 0 Å². The zero-order valence-electron chi connectivity index (χ0n) is 19.2. The van der Waals surface area contributed by atoms with E-state index in [4.69, 9.17) is 14.5 Å². The quantitative estimate of drug-likeness (QED) is 0.309. The second-order valence-electron chi connectivity index (χ2n) is 8.71. The number of carbonyl (C=O) groups excluding carboxylic acids is 1. The lowest BCUT2D eigenvalue weighted by Gasteiger charge is -2.27. The van der Waals surface area contributed by atoms with E-state index in [9.17, 15) is 4.79 Å². The molecule has 3 rings (SSSR count). The Kier molecular flexibility index (Phi) is 7.82. The monoisotopic (exact) mass is 429 g/mol. The van der Waals surface area contributed by atoms with Gasteiger partial charge in [-0.05, 0) is 61.7 Å². The molecule has 0 aliphatic rings. The molecule has 0 heterocycles. The molecule has 0 saturated heterocycles. The molecule has 4 heteroatoms. The largest absolute Gasteiger partial charge is 0.497 e. The fraction of sp³-hybridized carbons (Fsp3) is 0.286. The van der Waals surface area contributed by atoms with E-state index in [1.165, 1.54) is 0 Å². The van der Waals surface area contributed by atoms with Gasteiger partial charge in [-0.15, -0.1) is 0 Å². The molecule has 3 aromatic rings. The third kappa shape index (κ3) is 6.81. The second kappa shape index (κ2) is 10.8. The van der Waals surface area contributed by atoms with Crippen LogP contribution in [0.5, 0.6) is 5.75 Å². The van der Waals surface area contributed by atoms with Gasteiger partial charge in [-0.25, -0.2) is 0 Å². The minimum Gasteiger partial charge on any atom is -0.497 e. The Bertz CT molecular complexity index is 1010. The summed E-state index contributed by atoms with van der Waals surface area (Å²) in [4.78, 5) is 17.8. The van der Waals surface area contributed by atoms with Gasteiger partial charge < -0.3 is 9.47 Å². The number of benzene rings is 3. The lowest BCUT2D eigenvalue weighted by Crippen LogP contribution is -2.26.